The van der Waals surface area contributed by atoms with Gasteiger partial charge in [0.1, 0.15) is 12.1 Å². The standard InChI is InChI=1S/C21H26F3N3O2.C18H25N3O2.C15H20F3NO3.C6H8N2.B.ClH.Na.H/c1-19-6-11-3-12(7-19)9-20(8-11,10-19)16(26-18(29)21(22,23)24)17(28)27-14-4-13(14)5-15(27)25-2;1-20-14-4-12-3-13(12)21(14)16(22)15(19)17-5-10-2-11(6-17)8-18(23,7-10)9-17;1-13-3-8-2-9(4-13)6-14(5-8,7-13)10(11(20)21)19-12(22)15(16,17)18;7-3-5-1-4-2-6(4)8-5;;;;/h11-16H,3-10H2,1H3,(H,26,29);10-15,23H,2-9,19H2;8-10H,2-7H2,1H3,(H,19,22)(H,20,21);4-6,8H,1-2H2;;1H;;/q;;;;;;+1;-1/t11?,12?,13-,14-,15-,16+,19?,20?;10?,11?,12-,13-,14-,15+,17?,18?;8?,9?,10-,13?,14?;4-,5+,6+;;;;/m0011..../s1. The Morgan fingerprint density at radius 3 is 1.38 bits per heavy atom. The van der Waals surface area contributed by atoms with Crippen LogP contribution in [0.3, 0.4) is 0 Å². The molecule has 18 rings (SSSR count). The number of halogens is 7. The zero-order valence-electron chi connectivity index (χ0n) is 49.9. The summed E-state index contributed by atoms with van der Waals surface area (Å²) in [6.07, 6.45) is 10.5. The van der Waals surface area contributed by atoms with Gasteiger partial charge in [-0.05, 0) is 211 Å². The van der Waals surface area contributed by atoms with E-state index in [2.05, 4.69) is 40.2 Å². The number of likely N-dealkylation sites (tertiary alicyclic amines) is 2. The van der Waals surface area contributed by atoms with Gasteiger partial charge < -0.3 is 28.0 Å². The third kappa shape index (κ3) is 12.4. The van der Waals surface area contributed by atoms with Crippen molar-refractivity contribution in [2.24, 2.45) is 86.1 Å². The molecule has 6 unspecified atom stereocenters. The molecule has 0 aromatic carbocycles. The zero-order valence-corrected chi connectivity index (χ0v) is 51.7. The smallest absolute Gasteiger partial charge is 1.00 e. The van der Waals surface area contributed by atoms with E-state index in [4.69, 9.17) is 24.1 Å². The Hall–Kier alpha value is -3.37. The average Bonchev–Trinajstić information content (AvgIpc) is 1.72. The number of nitriles is 1. The van der Waals surface area contributed by atoms with Crippen molar-refractivity contribution in [3.63, 3.8) is 0 Å². The number of carbonyl (C=O) groups is 5. The number of fused-ring (bicyclic) bond motifs is 3. The molecule has 0 aromatic heterocycles. The first-order valence-corrected chi connectivity index (χ1v) is 30.4. The molecule has 15 saturated carbocycles. The molecule has 18 fully saturated rings. The van der Waals surface area contributed by atoms with Crippen LogP contribution in [0, 0.1) is 105 Å². The Labute approximate surface area is 525 Å². The molecule has 25 heteroatoms. The van der Waals surface area contributed by atoms with E-state index in [0.29, 0.717) is 92.8 Å². The van der Waals surface area contributed by atoms with Crippen LogP contribution >= 0.6 is 12.4 Å². The van der Waals surface area contributed by atoms with Crippen molar-refractivity contribution in [2.45, 2.75) is 241 Å². The van der Waals surface area contributed by atoms with Gasteiger partial charge in [0.25, 0.3) is 5.91 Å². The Bertz CT molecular complexity index is 2750. The molecule has 3 aliphatic heterocycles. The summed E-state index contributed by atoms with van der Waals surface area (Å²) >= 11 is 0. The van der Waals surface area contributed by atoms with Crippen LogP contribution < -0.4 is 51.2 Å². The van der Waals surface area contributed by atoms with Crippen LogP contribution in [0.4, 0.5) is 26.3 Å². The Morgan fingerprint density at radius 2 is 1.02 bits per heavy atom. The number of nitrogens with zero attached hydrogens (tertiary/aromatic N) is 5. The molecule has 4 amide bonds. The van der Waals surface area contributed by atoms with E-state index in [1.165, 1.54) is 17.7 Å². The van der Waals surface area contributed by atoms with Crippen molar-refractivity contribution in [1.29, 1.82) is 5.26 Å². The first-order valence-electron chi connectivity index (χ1n) is 30.4. The van der Waals surface area contributed by atoms with Crippen molar-refractivity contribution in [3.05, 3.63) is 22.8 Å². The zero-order chi connectivity index (χ0) is 58.6. The van der Waals surface area contributed by atoms with Crippen LogP contribution in [0.5, 0.6) is 0 Å². The van der Waals surface area contributed by atoms with Gasteiger partial charge in [0, 0.05) is 50.2 Å². The number of carboxylic acids is 1. The van der Waals surface area contributed by atoms with Crippen LogP contribution in [0.25, 0.3) is 9.69 Å². The summed E-state index contributed by atoms with van der Waals surface area (Å²) in [7, 11) is 0. The van der Waals surface area contributed by atoms with E-state index in [1.807, 2.05) is 4.90 Å². The summed E-state index contributed by atoms with van der Waals surface area (Å²) in [5.41, 5.74) is 4.40. The maximum atomic E-state index is 13.6. The summed E-state index contributed by atoms with van der Waals surface area (Å²) in [6.45, 7) is 19.1. The largest absolute Gasteiger partial charge is 1.00 e. The van der Waals surface area contributed by atoms with Crippen molar-refractivity contribution < 1.29 is 91.5 Å². The minimum absolute atomic E-state index is 0. The van der Waals surface area contributed by atoms with Crippen LogP contribution in [-0.4, -0.2) is 131 Å². The predicted octanol–water partition coefficient (Wildman–Crippen LogP) is 5.16. The topological polar surface area (TPSA) is 227 Å². The molecule has 18 atom stereocenters. The second-order valence-corrected chi connectivity index (χ2v) is 30.4. The number of amides is 4. The van der Waals surface area contributed by atoms with E-state index >= 15 is 0 Å². The predicted molar refractivity (Wildman–Crippen MR) is 295 cm³/mol. The van der Waals surface area contributed by atoms with Gasteiger partial charge in [0.15, 0.2) is 0 Å². The Balaban J connectivity index is 0.000000155. The molecule has 0 spiro atoms. The molecule has 12 bridgehead atoms. The maximum Gasteiger partial charge on any atom is 1.00 e. The number of aliphatic hydroxyl groups is 1. The van der Waals surface area contributed by atoms with E-state index in [1.54, 1.807) is 5.32 Å². The SMILES string of the molecule is CC12CC3CC(C1)CC([C@H](NC(=O)C(F)(F)F)C(=O)O)(C3)C2.Cl.N#C[C@@H]1C[C@@H]2C[C@@H]2N1.[B].[C-]#[N+][C@@H]1C[C@@H]2C[C@@H]2N1C(=O)[C@@H](N)C12CC3CC(CC(O)(C3)C1)C2.[C-]#[N+][C@@H]1C[C@@H]2C[C@@H]2N1C(=O)[C@@H](NC(=O)C(F)(F)F)C12CC3CC(CC(C)(C3)C1)C2.[H-].[Na+]. The molecule has 16 nitrogen and oxygen atoms in total. The number of carboxylic acid groups (broad SMARTS) is 1. The number of nitrogens with two attached hydrogens (primary N) is 1. The number of hydrogen-bond donors (Lipinski definition) is 6. The molecular formula is C60H81BClF6N9NaO7. The fourth-order valence-corrected chi connectivity index (χ4v) is 22.0. The van der Waals surface area contributed by atoms with E-state index in [0.717, 1.165) is 102 Å². The minimum Gasteiger partial charge on any atom is -1.00 e. The number of piperidine rings is 3. The van der Waals surface area contributed by atoms with Gasteiger partial charge in [-0.3, -0.25) is 44.0 Å². The molecule has 85 heavy (non-hydrogen) atoms. The van der Waals surface area contributed by atoms with Gasteiger partial charge in [0.05, 0.1) is 23.8 Å². The summed E-state index contributed by atoms with van der Waals surface area (Å²) < 4.78 is 77.0. The molecule has 3 saturated heterocycles. The van der Waals surface area contributed by atoms with Crippen molar-refractivity contribution >= 4 is 50.4 Å². The minimum atomic E-state index is -5.06. The molecule has 18 aliphatic rings. The van der Waals surface area contributed by atoms with Crippen LogP contribution in [0.2, 0.25) is 0 Å². The van der Waals surface area contributed by atoms with Crippen LogP contribution in [-0.2, 0) is 24.0 Å². The number of hydrogen-bond acceptors (Lipinski definition) is 9. The number of alkyl halides is 6. The number of carbonyl (C=O) groups excluding carboxylic acids is 4. The maximum absolute atomic E-state index is 13.6. The van der Waals surface area contributed by atoms with E-state index < -0.39 is 76.8 Å². The Morgan fingerprint density at radius 1 is 0.624 bits per heavy atom. The van der Waals surface area contributed by atoms with Crippen molar-refractivity contribution in [1.82, 2.24) is 25.8 Å². The third-order valence-electron chi connectivity index (χ3n) is 23.6. The first kappa shape index (κ1) is 66.1. The third-order valence-corrected chi connectivity index (χ3v) is 23.6. The molecule has 7 N–H and O–H groups in total. The summed E-state index contributed by atoms with van der Waals surface area (Å²) in [5, 5.41) is 35.9. The number of nitrogens with one attached hydrogen (secondary N) is 3. The molecule has 15 aliphatic carbocycles. The summed E-state index contributed by atoms with van der Waals surface area (Å²) in [6, 6.07) is 0.158. The normalized spacial score (nSPS) is 45.5. The fraction of sp³-hybridized carbons (Fsp3) is 0.867. The first-order chi connectivity index (χ1) is 38.4. The van der Waals surface area contributed by atoms with E-state index in [-0.39, 0.29) is 104 Å². The van der Waals surface area contributed by atoms with Gasteiger partial charge in [-0.2, -0.15) is 31.6 Å². The summed E-state index contributed by atoms with van der Waals surface area (Å²) in [4.78, 5) is 72.1. The van der Waals surface area contributed by atoms with Crippen LogP contribution in [0.15, 0.2) is 0 Å². The number of rotatable bonds is 8. The molecule has 461 valence electrons. The van der Waals surface area contributed by atoms with Crippen LogP contribution in [0.1, 0.15) is 169 Å². The Kier molecular flexibility index (Phi) is 17.8. The second-order valence-electron chi connectivity index (χ2n) is 30.4. The molecular weight excluding hydrogens is 1140 g/mol. The quantitative estimate of drug-likeness (QED) is 0.106. The van der Waals surface area contributed by atoms with Gasteiger partial charge in [0.2, 0.25) is 5.91 Å². The average molecular weight is 1220 g/mol. The van der Waals surface area contributed by atoms with Crippen molar-refractivity contribution in [2.75, 3.05) is 0 Å². The van der Waals surface area contributed by atoms with Gasteiger partial charge in [-0.25, -0.2) is 17.9 Å². The second kappa shape index (κ2) is 22.8. The summed E-state index contributed by atoms with van der Waals surface area (Å²) in [5.74, 6) is -1.73. The molecule has 3 heterocycles. The molecule has 0 aromatic rings. The van der Waals surface area contributed by atoms with Gasteiger partial charge >= 0.3 is 72.0 Å². The van der Waals surface area contributed by atoms with Crippen molar-refractivity contribution in [3.8, 4) is 6.07 Å². The van der Waals surface area contributed by atoms with Gasteiger partial charge in [-0.1, -0.05) is 13.8 Å². The monoisotopic (exact) mass is 1220 g/mol. The van der Waals surface area contributed by atoms with E-state index in [9.17, 15) is 60.5 Å². The molecule has 3 radical (unpaired) electrons. The number of aliphatic carboxylic acids is 1. The van der Waals surface area contributed by atoms with Gasteiger partial charge in [-0.15, -0.1) is 12.4 Å². The fourth-order valence-electron chi connectivity index (χ4n) is 22.0.